The Hall–Kier alpha value is -5.91. The number of aromatic hydroxyl groups is 1. The molecule has 3 aromatic rings. The van der Waals surface area contributed by atoms with E-state index in [4.69, 9.17) is 33.2 Å². The van der Waals surface area contributed by atoms with Gasteiger partial charge in [-0.2, -0.15) is 0 Å². The molecular formula is C49H54N4O15S. The lowest BCUT2D eigenvalue weighted by molar-refractivity contribution is -0.327. The smallest absolute Gasteiger partial charge is 0.407 e. The van der Waals surface area contributed by atoms with E-state index in [0.717, 1.165) is 18.9 Å². The minimum atomic E-state index is -1.76. The number of Topliss-reactive ketones (excluding diaryl/α,β-unsaturated/α-hetero) is 2. The summed E-state index contributed by atoms with van der Waals surface area (Å²) < 4.78 is 41.9. The number of carbonyl (C=O) groups excluding carboxylic acids is 5. The molecule has 7 rings (SSSR count). The van der Waals surface area contributed by atoms with Crippen LogP contribution < -0.4 is 10.6 Å². The maximum Gasteiger partial charge on any atom is 0.407 e. The van der Waals surface area contributed by atoms with Gasteiger partial charge in [0, 0.05) is 66.1 Å². The van der Waals surface area contributed by atoms with Gasteiger partial charge < -0.3 is 64.1 Å². The van der Waals surface area contributed by atoms with Gasteiger partial charge in [0.2, 0.25) is 0 Å². The molecule has 11 atom stereocenters. The van der Waals surface area contributed by atoms with E-state index in [1.54, 1.807) is 19.3 Å². The number of methoxy groups -OCH3 is 3. The van der Waals surface area contributed by atoms with E-state index in [1.165, 1.54) is 51.3 Å². The number of hydrogen-bond acceptors (Lipinski definition) is 18. The van der Waals surface area contributed by atoms with Crippen molar-refractivity contribution in [2.24, 2.45) is 5.92 Å². The van der Waals surface area contributed by atoms with E-state index in [1.807, 2.05) is 13.8 Å². The normalized spacial score (nSPS) is 29.1. The third kappa shape index (κ3) is 11.3. The number of ketones is 2. The number of phenolic OH excluding ortho intramolecular Hbond substituents is 1. The van der Waals surface area contributed by atoms with Crippen LogP contribution in [-0.2, 0) is 42.7 Å². The number of alkyl carbamates (subject to hydrolysis) is 1. The zero-order chi connectivity index (χ0) is 49.7. The summed E-state index contributed by atoms with van der Waals surface area (Å²) in [6.07, 6.45) is -7.43. The lowest BCUT2D eigenvalue weighted by Gasteiger charge is -2.45. The van der Waals surface area contributed by atoms with Crippen LogP contribution in [0.25, 0.3) is 21.8 Å². The largest absolute Gasteiger partial charge is 0.508 e. The number of aliphatic hydroxyl groups is 2. The zero-order valence-corrected chi connectivity index (χ0v) is 39.7. The van der Waals surface area contributed by atoms with Gasteiger partial charge in [0.15, 0.2) is 29.3 Å². The second-order valence-electron chi connectivity index (χ2n) is 17.0. The maximum atomic E-state index is 15.1. The third-order valence-corrected chi connectivity index (χ3v) is 12.8. The van der Waals surface area contributed by atoms with Crippen molar-refractivity contribution in [2.45, 2.75) is 108 Å². The number of phenols is 1. The Morgan fingerprint density at radius 3 is 2.54 bits per heavy atom. The first-order valence-electron chi connectivity index (χ1n) is 22.2. The van der Waals surface area contributed by atoms with Crippen molar-refractivity contribution in [3.63, 3.8) is 0 Å². The van der Waals surface area contributed by atoms with Crippen LogP contribution in [0.2, 0.25) is 0 Å². The standard InChI is InChI=1S/C49H54N4O15S/c1-23(2)50-33-22-65-38(21-37(33)62-5)68-46-45(59)39(44(58)43-42-30(19-32(52-43)47(60)63-6)29-18-26(55)14-15-31(29)51-42)24(3)66-48(46)67-36-13-11-9-8-10-12-28-40(36)27(16-17-69-25(4)54)34(56)20-35(57)41(28)53-49(61)64-7/h8-9,14-16,18-19,23-24,33-34,36-39,41,45-46,48,50-51,55-56,59H,17,20-22H2,1-7H3,(H,53,61)/b9-8-,27-16-/t24?,33?,34-,36-,37?,38?,39?,41?,45?,46?,48?/m0/s1. The molecule has 1 aromatic carbocycles. The van der Waals surface area contributed by atoms with Gasteiger partial charge in [0.05, 0.1) is 62.7 Å². The van der Waals surface area contributed by atoms with Crippen molar-refractivity contribution in [1.82, 2.24) is 20.6 Å². The summed E-state index contributed by atoms with van der Waals surface area (Å²) in [6.45, 7) is 7.01. The van der Waals surface area contributed by atoms with E-state index in [0.29, 0.717) is 16.3 Å². The van der Waals surface area contributed by atoms with E-state index < -0.39 is 91.2 Å². The number of esters is 1. The molecule has 0 radical (unpaired) electrons. The van der Waals surface area contributed by atoms with Gasteiger partial charge in [0.1, 0.15) is 35.4 Å². The molecule has 69 heavy (non-hydrogen) atoms. The Bertz CT molecular complexity index is 2730. The van der Waals surface area contributed by atoms with Crippen molar-refractivity contribution in [1.29, 1.82) is 0 Å². The molecule has 0 bridgehead atoms. The Kier molecular flexibility index (Phi) is 16.4. The van der Waals surface area contributed by atoms with Crippen LogP contribution in [0.15, 0.2) is 59.2 Å². The molecule has 20 heteroatoms. The average Bonchev–Trinajstić information content (AvgIpc) is 3.68. The fourth-order valence-electron chi connectivity index (χ4n) is 8.88. The highest BCUT2D eigenvalue weighted by molar-refractivity contribution is 8.13. The van der Waals surface area contributed by atoms with Crippen molar-refractivity contribution in [3.8, 4) is 29.4 Å². The van der Waals surface area contributed by atoms with Gasteiger partial charge in [-0.05, 0) is 48.9 Å². The van der Waals surface area contributed by atoms with E-state index in [9.17, 15) is 34.5 Å². The first-order valence-corrected chi connectivity index (χ1v) is 23.1. The van der Waals surface area contributed by atoms with Crippen LogP contribution in [0.3, 0.4) is 0 Å². The second-order valence-corrected chi connectivity index (χ2v) is 18.2. The van der Waals surface area contributed by atoms with Crippen LogP contribution in [0, 0.1) is 29.6 Å². The fraction of sp³-hybridized carbons (Fsp3) is 0.469. The van der Waals surface area contributed by atoms with Gasteiger partial charge in [-0.3, -0.25) is 14.4 Å². The number of benzene rings is 1. The molecule has 2 aromatic heterocycles. The lowest BCUT2D eigenvalue weighted by atomic mass is 9.84. The zero-order valence-electron chi connectivity index (χ0n) is 38.9. The number of H-pyrrole nitrogens is 1. The van der Waals surface area contributed by atoms with Crippen molar-refractivity contribution in [3.05, 3.63) is 70.6 Å². The number of aromatic nitrogens is 2. The molecular weight excluding hydrogens is 917 g/mol. The van der Waals surface area contributed by atoms with Crippen molar-refractivity contribution in [2.75, 3.05) is 33.7 Å². The first-order chi connectivity index (χ1) is 33.0. The van der Waals surface area contributed by atoms with Crippen LogP contribution >= 0.6 is 11.8 Å². The highest BCUT2D eigenvalue weighted by Gasteiger charge is 2.52. The number of nitrogens with one attached hydrogen (secondary N) is 3. The number of aliphatic hydroxyl groups excluding tert-OH is 2. The number of amides is 1. The first kappa shape index (κ1) is 51.0. The van der Waals surface area contributed by atoms with Gasteiger partial charge in [-0.1, -0.05) is 55.4 Å². The number of aromatic amines is 1. The molecule has 0 spiro atoms. The molecule has 6 N–H and O–H groups in total. The average molecular weight is 971 g/mol. The van der Waals surface area contributed by atoms with Crippen LogP contribution in [-0.4, -0.2) is 155 Å². The summed E-state index contributed by atoms with van der Waals surface area (Å²) in [6, 6.07) is 4.36. The predicted molar refractivity (Wildman–Crippen MR) is 250 cm³/mol. The van der Waals surface area contributed by atoms with Crippen LogP contribution in [0.1, 0.15) is 61.5 Å². The molecule has 19 nitrogen and oxygen atoms in total. The Labute approximate surface area is 401 Å². The summed E-state index contributed by atoms with van der Waals surface area (Å²) >= 11 is 0.940. The third-order valence-electron chi connectivity index (χ3n) is 12.0. The van der Waals surface area contributed by atoms with Crippen LogP contribution in [0.5, 0.6) is 5.75 Å². The number of rotatable bonds is 13. The summed E-state index contributed by atoms with van der Waals surface area (Å²) in [5, 5.41) is 41.4. The van der Waals surface area contributed by atoms with Gasteiger partial charge in [-0.25, -0.2) is 14.6 Å². The topological polar surface area (TPSA) is 263 Å². The Balaban J connectivity index is 1.35. The number of fused-ring (bicyclic) bond motifs is 3. The number of carbonyl (C=O) groups is 5. The lowest BCUT2D eigenvalue weighted by Crippen LogP contribution is -2.60. The molecule has 4 aliphatic rings. The fourth-order valence-corrected chi connectivity index (χ4v) is 9.38. The van der Waals surface area contributed by atoms with Gasteiger partial charge >= 0.3 is 12.1 Å². The monoisotopic (exact) mass is 970 g/mol. The summed E-state index contributed by atoms with van der Waals surface area (Å²) in [7, 11) is 3.84. The maximum absolute atomic E-state index is 15.1. The number of pyridine rings is 1. The molecule has 1 amide bonds. The molecule has 0 saturated carbocycles. The molecule has 2 saturated heterocycles. The number of ether oxygens (including phenoxy) is 7. The van der Waals surface area contributed by atoms with E-state index >= 15 is 4.79 Å². The molecule has 2 fully saturated rings. The molecule has 2 aliphatic carbocycles. The molecule has 9 unspecified atom stereocenters. The summed E-state index contributed by atoms with van der Waals surface area (Å²) in [5.41, 5.74) is 0.460. The summed E-state index contributed by atoms with van der Waals surface area (Å²) in [4.78, 5) is 74.5. The number of thioether (sulfide) groups is 1. The minimum Gasteiger partial charge on any atom is -0.508 e. The van der Waals surface area contributed by atoms with E-state index in [-0.39, 0.29) is 75.4 Å². The highest BCUT2D eigenvalue weighted by atomic mass is 32.2. The quantitative estimate of drug-likeness (QED) is 0.0816. The minimum absolute atomic E-state index is 0.00344. The highest BCUT2D eigenvalue weighted by Crippen LogP contribution is 2.39. The van der Waals surface area contributed by atoms with Crippen molar-refractivity contribution < 1.29 is 72.5 Å². The van der Waals surface area contributed by atoms with Gasteiger partial charge in [0.25, 0.3) is 0 Å². The molecule has 2 aliphatic heterocycles. The SMILES string of the molecule is COC(=O)NC1C(=O)C[C@H](O)/C(=C/CSC(C)=O)C2=C1C#C/C=C\C#C[C@@H]2OC1OC(C)C(C(=O)c2nc(C(=O)OC)cc3c2[nH]c2ccc(O)cc23)C(O)C1OC1CC(OC)C(NC(C)C)CO1. The van der Waals surface area contributed by atoms with Crippen molar-refractivity contribution >= 4 is 62.3 Å². The van der Waals surface area contributed by atoms with E-state index in [2.05, 4.69) is 44.3 Å². The number of hydrogen-bond donors (Lipinski definition) is 6. The molecule has 366 valence electrons. The Morgan fingerprint density at radius 1 is 1.06 bits per heavy atom. The van der Waals surface area contributed by atoms with Crippen LogP contribution in [0.4, 0.5) is 4.79 Å². The molecule has 4 heterocycles. The summed E-state index contributed by atoms with van der Waals surface area (Å²) in [5.74, 6) is 7.97. The Morgan fingerprint density at radius 2 is 1.83 bits per heavy atom. The second kappa shape index (κ2) is 22.2. The predicted octanol–water partition coefficient (Wildman–Crippen LogP) is 3.15. The van der Waals surface area contributed by atoms with Gasteiger partial charge in [-0.15, -0.1) is 0 Å². The number of nitrogens with zero attached hydrogens (tertiary/aromatic N) is 1. The number of allylic oxidation sites excluding steroid dienone is 2.